The van der Waals surface area contributed by atoms with Crippen LogP contribution in [0.15, 0.2) is 18.3 Å². The summed E-state index contributed by atoms with van der Waals surface area (Å²) < 4.78 is 10.3. The summed E-state index contributed by atoms with van der Waals surface area (Å²) in [7, 11) is 1.61. The number of amides is 3. The number of nitrogens with two attached hydrogens (primary N) is 1. The van der Waals surface area contributed by atoms with Crippen LogP contribution in [0.4, 0.5) is 4.79 Å². The first kappa shape index (κ1) is 18.0. The van der Waals surface area contributed by atoms with Gasteiger partial charge in [-0.25, -0.2) is 9.78 Å². The van der Waals surface area contributed by atoms with E-state index < -0.39 is 6.03 Å². The van der Waals surface area contributed by atoms with Gasteiger partial charge in [0.1, 0.15) is 6.61 Å². The molecule has 1 fully saturated rings. The van der Waals surface area contributed by atoms with Gasteiger partial charge in [0.15, 0.2) is 0 Å². The van der Waals surface area contributed by atoms with E-state index in [0.29, 0.717) is 38.7 Å². The smallest absolute Gasteiger partial charge is 0.314 e. The summed E-state index contributed by atoms with van der Waals surface area (Å²) in [5.41, 5.74) is 6.16. The van der Waals surface area contributed by atoms with E-state index in [9.17, 15) is 9.59 Å². The quantitative estimate of drug-likeness (QED) is 0.706. The van der Waals surface area contributed by atoms with Crippen molar-refractivity contribution in [3.05, 3.63) is 23.9 Å². The van der Waals surface area contributed by atoms with Crippen molar-refractivity contribution in [2.45, 2.75) is 19.4 Å². The Hall–Kier alpha value is -2.35. The number of hydrogen-bond donors (Lipinski definition) is 2. The van der Waals surface area contributed by atoms with Crippen molar-refractivity contribution < 1.29 is 19.1 Å². The lowest BCUT2D eigenvalue weighted by Crippen LogP contribution is -2.47. The molecule has 0 aromatic carbocycles. The second-order valence-electron chi connectivity index (χ2n) is 5.69. The summed E-state index contributed by atoms with van der Waals surface area (Å²) in [5, 5.41) is 2.88. The molecule has 24 heavy (non-hydrogen) atoms. The third kappa shape index (κ3) is 5.38. The normalized spacial score (nSPS) is 17.4. The van der Waals surface area contributed by atoms with Crippen molar-refractivity contribution in [1.29, 1.82) is 0 Å². The van der Waals surface area contributed by atoms with Gasteiger partial charge in [0.05, 0.1) is 12.5 Å². The zero-order valence-electron chi connectivity index (χ0n) is 13.9. The van der Waals surface area contributed by atoms with Gasteiger partial charge >= 0.3 is 6.03 Å². The molecule has 0 bridgehead atoms. The number of urea groups is 1. The molecule has 1 unspecified atom stereocenters. The van der Waals surface area contributed by atoms with Crippen molar-refractivity contribution in [1.82, 2.24) is 15.2 Å². The monoisotopic (exact) mass is 336 g/mol. The van der Waals surface area contributed by atoms with Crippen LogP contribution in [0.2, 0.25) is 0 Å². The first-order valence-corrected chi connectivity index (χ1v) is 7.99. The average molecular weight is 336 g/mol. The van der Waals surface area contributed by atoms with Crippen LogP contribution in [0.1, 0.15) is 18.4 Å². The fraction of sp³-hybridized carbons (Fsp3) is 0.562. The highest BCUT2D eigenvalue weighted by Gasteiger charge is 2.27. The maximum atomic E-state index is 12.2. The standard InChI is InChI=1S/C16H24N4O4/c1-23-7-8-24-14-5-4-12(9-18-14)10-19-15(21)13-3-2-6-20(11-13)16(17)22/h4-5,9,13H,2-3,6-8,10-11H2,1H3,(H2,17,22)(H,19,21). The summed E-state index contributed by atoms with van der Waals surface area (Å²) in [6.45, 7) is 2.33. The number of aromatic nitrogens is 1. The fourth-order valence-electron chi connectivity index (χ4n) is 2.56. The molecule has 0 saturated carbocycles. The first-order valence-electron chi connectivity index (χ1n) is 7.99. The zero-order valence-corrected chi connectivity index (χ0v) is 13.9. The Balaban J connectivity index is 1.78. The van der Waals surface area contributed by atoms with Gasteiger partial charge in [0.2, 0.25) is 11.8 Å². The molecule has 2 heterocycles. The van der Waals surface area contributed by atoms with Gasteiger partial charge in [0, 0.05) is 39.0 Å². The zero-order chi connectivity index (χ0) is 17.4. The minimum absolute atomic E-state index is 0.0682. The highest BCUT2D eigenvalue weighted by atomic mass is 16.5. The number of piperidine rings is 1. The number of rotatable bonds is 7. The average Bonchev–Trinajstić information content (AvgIpc) is 2.61. The molecule has 132 valence electrons. The largest absolute Gasteiger partial charge is 0.475 e. The second kappa shape index (κ2) is 9.07. The van der Waals surface area contributed by atoms with E-state index in [1.165, 1.54) is 4.90 Å². The molecule has 1 atom stereocenters. The number of likely N-dealkylation sites (tertiary alicyclic amines) is 1. The molecule has 3 amide bonds. The van der Waals surface area contributed by atoms with Crippen molar-refractivity contribution in [2.24, 2.45) is 11.7 Å². The van der Waals surface area contributed by atoms with Crippen LogP contribution in [-0.4, -0.2) is 55.2 Å². The van der Waals surface area contributed by atoms with Crippen LogP contribution >= 0.6 is 0 Å². The Bertz CT molecular complexity index is 550. The number of pyridine rings is 1. The van der Waals surface area contributed by atoms with Gasteiger partial charge in [-0.1, -0.05) is 6.07 Å². The highest BCUT2D eigenvalue weighted by molar-refractivity contribution is 5.80. The minimum atomic E-state index is -0.472. The number of nitrogens with one attached hydrogen (secondary N) is 1. The molecular weight excluding hydrogens is 312 g/mol. The molecule has 1 saturated heterocycles. The van der Waals surface area contributed by atoms with Gasteiger partial charge in [-0.3, -0.25) is 4.79 Å². The number of methoxy groups -OCH3 is 1. The van der Waals surface area contributed by atoms with Gasteiger partial charge in [-0.15, -0.1) is 0 Å². The van der Waals surface area contributed by atoms with E-state index in [2.05, 4.69) is 10.3 Å². The lowest BCUT2D eigenvalue weighted by Gasteiger charge is -2.30. The van der Waals surface area contributed by atoms with Gasteiger partial charge in [-0.2, -0.15) is 0 Å². The van der Waals surface area contributed by atoms with E-state index in [-0.39, 0.29) is 11.8 Å². The third-order valence-corrected chi connectivity index (χ3v) is 3.91. The van der Waals surface area contributed by atoms with Gasteiger partial charge in [-0.05, 0) is 18.4 Å². The molecule has 0 spiro atoms. The van der Waals surface area contributed by atoms with Gasteiger partial charge < -0.3 is 25.4 Å². The topological polar surface area (TPSA) is 107 Å². The predicted octanol–water partition coefficient (Wildman–Crippen LogP) is 0.514. The number of ether oxygens (including phenoxy) is 2. The van der Waals surface area contributed by atoms with E-state index in [4.69, 9.17) is 15.2 Å². The maximum Gasteiger partial charge on any atom is 0.314 e. The van der Waals surface area contributed by atoms with Crippen LogP contribution in [0.3, 0.4) is 0 Å². The van der Waals surface area contributed by atoms with Crippen molar-refractivity contribution in [3.63, 3.8) is 0 Å². The van der Waals surface area contributed by atoms with Crippen molar-refractivity contribution >= 4 is 11.9 Å². The van der Waals surface area contributed by atoms with Crippen molar-refractivity contribution in [3.8, 4) is 5.88 Å². The summed E-state index contributed by atoms with van der Waals surface area (Å²) >= 11 is 0. The molecule has 1 aromatic rings. The molecule has 8 nitrogen and oxygen atoms in total. The van der Waals surface area contributed by atoms with Crippen LogP contribution in [-0.2, 0) is 16.1 Å². The number of carbonyl (C=O) groups is 2. The fourth-order valence-corrected chi connectivity index (χ4v) is 2.56. The number of hydrogen-bond acceptors (Lipinski definition) is 5. The van der Waals surface area contributed by atoms with Crippen LogP contribution in [0.5, 0.6) is 5.88 Å². The summed E-state index contributed by atoms with van der Waals surface area (Å²) in [6, 6.07) is 3.14. The molecular formula is C16H24N4O4. The van der Waals surface area contributed by atoms with E-state index in [1.807, 2.05) is 6.07 Å². The molecule has 3 N–H and O–H groups in total. The number of nitrogens with zero attached hydrogens (tertiary/aromatic N) is 2. The Labute approximate surface area is 141 Å². The number of carbonyl (C=O) groups excluding carboxylic acids is 2. The summed E-state index contributed by atoms with van der Waals surface area (Å²) in [5.74, 6) is 0.240. The van der Waals surface area contributed by atoms with Crippen molar-refractivity contribution in [2.75, 3.05) is 33.4 Å². The first-order chi connectivity index (χ1) is 11.6. The Morgan fingerprint density at radius 3 is 2.92 bits per heavy atom. The molecule has 1 aliphatic heterocycles. The van der Waals surface area contributed by atoms with Crippen LogP contribution in [0, 0.1) is 5.92 Å². The molecule has 2 rings (SSSR count). The number of primary amides is 1. The molecule has 0 radical (unpaired) electrons. The molecule has 0 aliphatic carbocycles. The third-order valence-electron chi connectivity index (χ3n) is 3.91. The Morgan fingerprint density at radius 2 is 2.25 bits per heavy atom. The Morgan fingerprint density at radius 1 is 1.42 bits per heavy atom. The van der Waals surface area contributed by atoms with Gasteiger partial charge in [0.25, 0.3) is 0 Å². The van der Waals surface area contributed by atoms with Crippen LogP contribution in [0.25, 0.3) is 0 Å². The summed E-state index contributed by atoms with van der Waals surface area (Å²) in [6.07, 6.45) is 3.22. The highest BCUT2D eigenvalue weighted by Crippen LogP contribution is 2.16. The van der Waals surface area contributed by atoms with E-state index in [0.717, 1.165) is 18.4 Å². The van der Waals surface area contributed by atoms with E-state index >= 15 is 0 Å². The van der Waals surface area contributed by atoms with Crippen LogP contribution < -0.4 is 15.8 Å². The molecule has 1 aliphatic rings. The Kier molecular flexibility index (Phi) is 6.80. The maximum absolute atomic E-state index is 12.2. The molecule has 1 aromatic heterocycles. The molecule has 8 heteroatoms. The lowest BCUT2D eigenvalue weighted by molar-refractivity contribution is -0.126. The predicted molar refractivity (Wildman–Crippen MR) is 87.3 cm³/mol. The van der Waals surface area contributed by atoms with E-state index in [1.54, 1.807) is 19.4 Å². The SMILES string of the molecule is COCCOc1ccc(CNC(=O)C2CCCN(C(N)=O)C2)cn1. The minimum Gasteiger partial charge on any atom is -0.475 e. The summed E-state index contributed by atoms with van der Waals surface area (Å²) in [4.78, 5) is 29.1. The second-order valence-corrected chi connectivity index (χ2v) is 5.69. The lowest BCUT2D eigenvalue weighted by atomic mass is 9.97.